The zero-order valence-electron chi connectivity index (χ0n) is 12.6. The molecule has 1 saturated heterocycles. The van der Waals surface area contributed by atoms with Gasteiger partial charge >= 0.3 is 0 Å². The zero-order valence-corrected chi connectivity index (χ0v) is 13.4. The van der Waals surface area contributed by atoms with Gasteiger partial charge in [0, 0.05) is 36.3 Å². The molecule has 3 N–H and O–H groups in total. The van der Waals surface area contributed by atoms with E-state index >= 15 is 0 Å². The summed E-state index contributed by atoms with van der Waals surface area (Å²) in [6.45, 7) is 2.88. The van der Waals surface area contributed by atoms with Crippen molar-refractivity contribution in [1.82, 2.24) is 15.6 Å². The summed E-state index contributed by atoms with van der Waals surface area (Å²) >= 11 is 1.66. The van der Waals surface area contributed by atoms with Crippen LogP contribution in [0.4, 0.5) is 0 Å². The standard InChI is InChI=1S/C16H21N3O2S/c1-21-13-4-2-3-12(7-13)15-19-9-14(22-15)8-18-11-16(20)5-6-17-10-16/h2-4,7,9,17-18,20H,5-6,8,10-11H2,1H3. The van der Waals surface area contributed by atoms with Crippen LogP contribution in [0.3, 0.4) is 0 Å². The maximum Gasteiger partial charge on any atom is 0.123 e. The molecule has 1 unspecified atom stereocenters. The summed E-state index contributed by atoms with van der Waals surface area (Å²) in [4.78, 5) is 5.64. The molecule has 0 radical (unpaired) electrons. The number of benzene rings is 1. The lowest BCUT2D eigenvalue weighted by Crippen LogP contribution is -2.42. The van der Waals surface area contributed by atoms with Crippen LogP contribution in [-0.4, -0.2) is 42.4 Å². The molecule has 0 bridgehead atoms. The fraction of sp³-hybridized carbons (Fsp3) is 0.438. The topological polar surface area (TPSA) is 66.4 Å². The van der Waals surface area contributed by atoms with E-state index in [2.05, 4.69) is 15.6 Å². The summed E-state index contributed by atoms with van der Waals surface area (Å²) in [6.07, 6.45) is 2.70. The van der Waals surface area contributed by atoms with E-state index in [0.717, 1.165) is 40.7 Å². The molecule has 1 atom stereocenters. The maximum atomic E-state index is 10.3. The van der Waals surface area contributed by atoms with E-state index in [0.29, 0.717) is 13.1 Å². The van der Waals surface area contributed by atoms with Crippen molar-refractivity contribution < 1.29 is 9.84 Å². The molecule has 1 aliphatic heterocycles. The zero-order chi connectivity index (χ0) is 15.4. The molecule has 0 aliphatic carbocycles. The highest BCUT2D eigenvalue weighted by atomic mass is 32.1. The molecule has 1 aliphatic rings. The molecule has 5 nitrogen and oxygen atoms in total. The quantitative estimate of drug-likeness (QED) is 0.755. The van der Waals surface area contributed by atoms with Gasteiger partial charge in [0.15, 0.2) is 0 Å². The fourth-order valence-corrected chi connectivity index (χ4v) is 3.46. The Morgan fingerprint density at radius 3 is 3.18 bits per heavy atom. The molecule has 2 heterocycles. The minimum atomic E-state index is -0.611. The lowest BCUT2D eigenvalue weighted by molar-refractivity contribution is 0.0609. The second kappa shape index (κ2) is 6.75. The highest BCUT2D eigenvalue weighted by Crippen LogP contribution is 2.27. The van der Waals surface area contributed by atoms with Gasteiger partial charge in [0.25, 0.3) is 0 Å². The predicted molar refractivity (Wildman–Crippen MR) is 88.2 cm³/mol. The monoisotopic (exact) mass is 319 g/mol. The van der Waals surface area contributed by atoms with E-state index in [1.165, 1.54) is 0 Å². The smallest absolute Gasteiger partial charge is 0.123 e. The van der Waals surface area contributed by atoms with E-state index in [1.54, 1.807) is 18.4 Å². The minimum absolute atomic E-state index is 0.604. The van der Waals surface area contributed by atoms with Gasteiger partial charge < -0.3 is 20.5 Å². The Bertz CT molecular complexity index is 623. The van der Waals surface area contributed by atoms with Crippen molar-refractivity contribution in [1.29, 1.82) is 0 Å². The van der Waals surface area contributed by atoms with E-state index in [4.69, 9.17) is 4.74 Å². The Kier molecular flexibility index (Phi) is 4.73. The van der Waals surface area contributed by atoms with E-state index < -0.39 is 5.60 Å². The molecule has 0 amide bonds. The first-order valence-electron chi connectivity index (χ1n) is 7.41. The van der Waals surface area contributed by atoms with Gasteiger partial charge in [-0.15, -0.1) is 11.3 Å². The predicted octanol–water partition coefficient (Wildman–Crippen LogP) is 1.63. The van der Waals surface area contributed by atoms with Crippen LogP contribution in [-0.2, 0) is 6.54 Å². The summed E-state index contributed by atoms with van der Waals surface area (Å²) in [5.74, 6) is 0.836. The minimum Gasteiger partial charge on any atom is -0.497 e. The summed E-state index contributed by atoms with van der Waals surface area (Å²) in [5.41, 5.74) is 0.453. The number of rotatable bonds is 6. The SMILES string of the molecule is COc1cccc(-c2ncc(CNCC3(O)CCNC3)s2)c1. The highest BCUT2D eigenvalue weighted by molar-refractivity contribution is 7.15. The number of thiazole rings is 1. The van der Waals surface area contributed by atoms with E-state index in [1.807, 2.05) is 30.5 Å². The number of aliphatic hydroxyl groups is 1. The maximum absolute atomic E-state index is 10.3. The molecule has 2 aromatic rings. The third kappa shape index (κ3) is 3.64. The van der Waals surface area contributed by atoms with Gasteiger partial charge in [-0.2, -0.15) is 0 Å². The highest BCUT2D eigenvalue weighted by Gasteiger charge is 2.30. The van der Waals surface area contributed by atoms with Gasteiger partial charge in [-0.05, 0) is 25.1 Å². The van der Waals surface area contributed by atoms with Crippen molar-refractivity contribution in [3.05, 3.63) is 35.3 Å². The normalized spacial score (nSPS) is 21.2. The average Bonchev–Trinajstić information content (AvgIpc) is 3.17. The number of methoxy groups -OCH3 is 1. The van der Waals surface area contributed by atoms with Crippen LogP contribution in [0.1, 0.15) is 11.3 Å². The number of nitrogens with one attached hydrogen (secondary N) is 2. The van der Waals surface area contributed by atoms with Gasteiger partial charge in [-0.25, -0.2) is 4.98 Å². The lowest BCUT2D eigenvalue weighted by Gasteiger charge is -2.21. The van der Waals surface area contributed by atoms with Gasteiger partial charge in [-0.3, -0.25) is 0 Å². The largest absolute Gasteiger partial charge is 0.497 e. The summed E-state index contributed by atoms with van der Waals surface area (Å²) in [7, 11) is 1.67. The first-order valence-corrected chi connectivity index (χ1v) is 8.23. The number of ether oxygens (including phenoxy) is 1. The number of hydrogen-bond donors (Lipinski definition) is 3. The second-order valence-corrected chi connectivity index (χ2v) is 6.73. The number of β-amino-alcohol motifs (C(OH)–C–C–N with tert-alkyl or cyclic N) is 1. The number of hydrogen-bond acceptors (Lipinski definition) is 6. The second-order valence-electron chi connectivity index (χ2n) is 5.62. The molecule has 1 fully saturated rings. The van der Waals surface area contributed by atoms with Crippen molar-refractivity contribution in [3.8, 4) is 16.3 Å². The van der Waals surface area contributed by atoms with Crippen LogP contribution >= 0.6 is 11.3 Å². The third-order valence-electron chi connectivity index (χ3n) is 3.84. The fourth-order valence-electron chi connectivity index (χ4n) is 2.58. The molecule has 118 valence electrons. The third-order valence-corrected chi connectivity index (χ3v) is 4.89. The molecule has 3 rings (SSSR count). The molecular formula is C16H21N3O2S. The first-order chi connectivity index (χ1) is 10.7. The number of nitrogens with zero attached hydrogens (tertiary/aromatic N) is 1. The molecule has 6 heteroatoms. The first kappa shape index (κ1) is 15.4. The van der Waals surface area contributed by atoms with Crippen molar-refractivity contribution in [2.75, 3.05) is 26.7 Å². The van der Waals surface area contributed by atoms with Gasteiger partial charge in [0.05, 0.1) is 12.7 Å². The van der Waals surface area contributed by atoms with Crippen molar-refractivity contribution in [2.45, 2.75) is 18.6 Å². The van der Waals surface area contributed by atoms with Gasteiger partial charge in [0.2, 0.25) is 0 Å². The Balaban J connectivity index is 1.59. The van der Waals surface area contributed by atoms with Crippen molar-refractivity contribution >= 4 is 11.3 Å². The number of aromatic nitrogens is 1. The van der Waals surface area contributed by atoms with Crippen LogP contribution in [0.5, 0.6) is 5.75 Å². The lowest BCUT2D eigenvalue weighted by atomic mass is 10.0. The van der Waals surface area contributed by atoms with Crippen LogP contribution in [0, 0.1) is 0 Å². The van der Waals surface area contributed by atoms with Crippen LogP contribution in [0.15, 0.2) is 30.5 Å². The Morgan fingerprint density at radius 2 is 2.41 bits per heavy atom. The Hall–Kier alpha value is -1.47. The van der Waals surface area contributed by atoms with Crippen LogP contribution in [0.2, 0.25) is 0 Å². The molecule has 0 spiro atoms. The van der Waals surface area contributed by atoms with Gasteiger partial charge in [0.1, 0.15) is 10.8 Å². The molecule has 0 saturated carbocycles. The summed E-state index contributed by atoms with van der Waals surface area (Å²) < 4.78 is 5.25. The summed E-state index contributed by atoms with van der Waals surface area (Å²) in [5, 5.41) is 17.8. The van der Waals surface area contributed by atoms with Crippen LogP contribution < -0.4 is 15.4 Å². The van der Waals surface area contributed by atoms with Crippen LogP contribution in [0.25, 0.3) is 10.6 Å². The van der Waals surface area contributed by atoms with E-state index in [9.17, 15) is 5.11 Å². The van der Waals surface area contributed by atoms with Crippen molar-refractivity contribution in [2.24, 2.45) is 0 Å². The average molecular weight is 319 g/mol. The molecule has 22 heavy (non-hydrogen) atoms. The molecule has 1 aromatic heterocycles. The van der Waals surface area contributed by atoms with Crippen molar-refractivity contribution in [3.63, 3.8) is 0 Å². The Morgan fingerprint density at radius 1 is 1.50 bits per heavy atom. The van der Waals surface area contributed by atoms with Gasteiger partial charge in [-0.1, -0.05) is 12.1 Å². The molecule has 1 aromatic carbocycles. The van der Waals surface area contributed by atoms with E-state index in [-0.39, 0.29) is 0 Å². The summed E-state index contributed by atoms with van der Waals surface area (Å²) in [6, 6.07) is 7.92. The molecular weight excluding hydrogens is 298 g/mol. The Labute approximate surface area is 134 Å².